The van der Waals surface area contributed by atoms with Crippen LogP contribution in [-0.4, -0.2) is 60.0 Å². The standard InChI is InChI=1S/C21H27N5O/c1-15-5-7-17(8-6-15)21-9-18(21)13-26(14-21)20(27)25(4)12-16-10-22-19(23-11-16)24(2)3/h5-8,10-11,18H,9,12-14H2,1-4H3. The second-order valence-corrected chi connectivity index (χ2v) is 8.23. The van der Waals surface area contributed by atoms with E-state index in [0.717, 1.165) is 18.7 Å². The molecule has 142 valence electrons. The van der Waals surface area contributed by atoms with E-state index in [9.17, 15) is 4.79 Å². The molecule has 2 fully saturated rings. The lowest BCUT2D eigenvalue weighted by atomic mass is 9.94. The van der Waals surface area contributed by atoms with E-state index in [4.69, 9.17) is 0 Å². The Bertz CT molecular complexity index is 833. The quantitative estimate of drug-likeness (QED) is 0.836. The van der Waals surface area contributed by atoms with Gasteiger partial charge < -0.3 is 14.7 Å². The maximum Gasteiger partial charge on any atom is 0.320 e. The first-order valence-corrected chi connectivity index (χ1v) is 9.44. The molecular weight excluding hydrogens is 338 g/mol. The van der Waals surface area contributed by atoms with E-state index >= 15 is 0 Å². The number of likely N-dealkylation sites (tertiary alicyclic amines) is 1. The van der Waals surface area contributed by atoms with Gasteiger partial charge in [0.1, 0.15) is 0 Å². The van der Waals surface area contributed by atoms with E-state index < -0.39 is 0 Å². The molecule has 6 heteroatoms. The summed E-state index contributed by atoms with van der Waals surface area (Å²) in [6.45, 7) is 4.30. The number of amides is 2. The molecule has 0 spiro atoms. The number of fused-ring (bicyclic) bond motifs is 1. The van der Waals surface area contributed by atoms with E-state index in [0.29, 0.717) is 18.4 Å². The van der Waals surface area contributed by atoms with Gasteiger partial charge in [-0.15, -0.1) is 0 Å². The molecule has 1 aromatic heterocycles. The zero-order valence-corrected chi connectivity index (χ0v) is 16.5. The van der Waals surface area contributed by atoms with Crippen LogP contribution in [0, 0.1) is 12.8 Å². The number of nitrogens with zero attached hydrogens (tertiary/aromatic N) is 5. The Morgan fingerprint density at radius 2 is 1.85 bits per heavy atom. The van der Waals surface area contributed by atoms with Crippen molar-refractivity contribution >= 4 is 12.0 Å². The van der Waals surface area contributed by atoms with Crippen LogP contribution in [-0.2, 0) is 12.0 Å². The van der Waals surface area contributed by atoms with Crippen LogP contribution in [0.5, 0.6) is 0 Å². The number of carbonyl (C=O) groups excluding carboxylic acids is 1. The third-order valence-electron chi connectivity index (χ3n) is 5.88. The lowest BCUT2D eigenvalue weighted by molar-refractivity contribution is 0.165. The first kappa shape index (κ1) is 17.8. The van der Waals surface area contributed by atoms with E-state index in [-0.39, 0.29) is 11.4 Å². The molecule has 6 nitrogen and oxygen atoms in total. The summed E-state index contributed by atoms with van der Waals surface area (Å²) >= 11 is 0. The number of hydrogen-bond donors (Lipinski definition) is 0. The van der Waals surface area contributed by atoms with Gasteiger partial charge in [0.25, 0.3) is 0 Å². The summed E-state index contributed by atoms with van der Waals surface area (Å²) in [6.07, 6.45) is 4.78. The molecule has 1 aromatic carbocycles. The molecule has 2 amide bonds. The van der Waals surface area contributed by atoms with Gasteiger partial charge in [-0.1, -0.05) is 29.8 Å². The van der Waals surface area contributed by atoms with Crippen molar-refractivity contribution in [1.82, 2.24) is 19.8 Å². The number of rotatable bonds is 4. The van der Waals surface area contributed by atoms with Crippen LogP contribution >= 0.6 is 0 Å². The van der Waals surface area contributed by atoms with Crippen molar-refractivity contribution in [2.75, 3.05) is 39.1 Å². The molecule has 2 unspecified atom stereocenters. The van der Waals surface area contributed by atoms with Gasteiger partial charge in [0.2, 0.25) is 5.95 Å². The fraction of sp³-hybridized carbons (Fsp3) is 0.476. The maximum atomic E-state index is 12.9. The smallest absolute Gasteiger partial charge is 0.320 e. The van der Waals surface area contributed by atoms with Crippen molar-refractivity contribution in [2.24, 2.45) is 5.92 Å². The second kappa shape index (κ2) is 6.51. The summed E-state index contributed by atoms with van der Waals surface area (Å²) in [5, 5.41) is 0. The van der Waals surface area contributed by atoms with Crippen LogP contribution in [0.4, 0.5) is 10.7 Å². The minimum atomic E-state index is 0.0883. The number of anilines is 1. The lowest BCUT2D eigenvalue weighted by Crippen LogP contribution is -2.41. The van der Waals surface area contributed by atoms with Gasteiger partial charge in [0.15, 0.2) is 0 Å². The highest BCUT2D eigenvalue weighted by atomic mass is 16.2. The topological polar surface area (TPSA) is 52.6 Å². The van der Waals surface area contributed by atoms with E-state index in [2.05, 4.69) is 41.2 Å². The van der Waals surface area contributed by atoms with Crippen LogP contribution < -0.4 is 4.90 Å². The van der Waals surface area contributed by atoms with Gasteiger partial charge in [-0.3, -0.25) is 0 Å². The van der Waals surface area contributed by atoms with Crippen molar-refractivity contribution < 1.29 is 4.79 Å². The molecule has 1 aliphatic heterocycles. The van der Waals surface area contributed by atoms with Gasteiger partial charge >= 0.3 is 6.03 Å². The maximum absolute atomic E-state index is 12.9. The Morgan fingerprint density at radius 1 is 1.19 bits per heavy atom. The highest BCUT2D eigenvalue weighted by molar-refractivity contribution is 5.75. The molecule has 1 saturated carbocycles. The number of aryl methyl sites for hydroxylation is 1. The monoisotopic (exact) mass is 365 g/mol. The Balaban J connectivity index is 1.39. The van der Waals surface area contributed by atoms with Crippen LogP contribution in [0.25, 0.3) is 0 Å². The molecular formula is C21H27N5O. The molecule has 4 rings (SSSR count). The summed E-state index contributed by atoms with van der Waals surface area (Å²) in [5.74, 6) is 1.27. The zero-order chi connectivity index (χ0) is 19.2. The largest absolute Gasteiger partial charge is 0.347 e. The summed E-state index contributed by atoms with van der Waals surface area (Å²) in [5.41, 5.74) is 3.78. The third kappa shape index (κ3) is 3.24. The van der Waals surface area contributed by atoms with Crippen LogP contribution in [0.2, 0.25) is 0 Å². The molecule has 27 heavy (non-hydrogen) atoms. The highest BCUT2D eigenvalue weighted by Crippen LogP contribution is 2.59. The van der Waals surface area contributed by atoms with Crippen molar-refractivity contribution in [3.05, 3.63) is 53.3 Å². The van der Waals surface area contributed by atoms with Crippen molar-refractivity contribution in [3.63, 3.8) is 0 Å². The Kier molecular flexibility index (Phi) is 4.29. The van der Waals surface area contributed by atoms with Crippen molar-refractivity contribution in [2.45, 2.75) is 25.3 Å². The van der Waals surface area contributed by atoms with Gasteiger partial charge in [-0.25, -0.2) is 14.8 Å². The predicted molar refractivity (Wildman–Crippen MR) is 106 cm³/mol. The number of aromatic nitrogens is 2. The van der Waals surface area contributed by atoms with Gasteiger partial charge in [0.05, 0.1) is 6.54 Å². The van der Waals surface area contributed by atoms with Crippen LogP contribution in [0.1, 0.15) is 23.1 Å². The Morgan fingerprint density at radius 3 is 2.48 bits per heavy atom. The average Bonchev–Trinajstić information content (AvgIpc) is 3.23. The number of piperidine rings is 1. The van der Waals surface area contributed by atoms with Crippen molar-refractivity contribution in [1.29, 1.82) is 0 Å². The molecule has 0 N–H and O–H groups in total. The number of urea groups is 1. The molecule has 2 aromatic rings. The van der Waals surface area contributed by atoms with Gasteiger partial charge in [-0.2, -0.15) is 0 Å². The molecule has 2 atom stereocenters. The molecule has 1 saturated heterocycles. The SMILES string of the molecule is Cc1ccc(C23CC2CN(C(=O)N(C)Cc2cnc(N(C)C)nc2)C3)cc1. The minimum absolute atomic E-state index is 0.0883. The van der Waals surface area contributed by atoms with Crippen LogP contribution in [0.15, 0.2) is 36.7 Å². The summed E-state index contributed by atoms with van der Waals surface area (Å²) < 4.78 is 0. The summed E-state index contributed by atoms with van der Waals surface area (Å²) in [4.78, 5) is 27.2. The minimum Gasteiger partial charge on any atom is -0.347 e. The number of hydrogen-bond acceptors (Lipinski definition) is 4. The Hall–Kier alpha value is -2.63. The first-order chi connectivity index (χ1) is 12.9. The summed E-state index contributed by atoms with van der Waals surface area (Å²) in [7, 11) is 5.67. The first-order valence-electron chi connectivity index (χ1n) is 9.44. The van der Waals surface area contributed by atoms with Gasteiger partial charge in [0, 0.05) is 57.6 Å². The highest BCUT2D eigenvalue weighted by Gasteiger charge is 2.61. The molecule has 2 aliphatic rings. The zero-order valence-electron chi connectivity index (χ0n) is 16.5. The number of benzene rings is 1. The van der Waals surface area contributed by atoms with E-state index in [1.165, 1.54) is 17.5 Å². The molecule has 2 heterocycles. The van der Waals surface area contributed by atoms with Crippen molar-refractivity contribution in [3.8, 4) is 0 Å². The van der Waals surface area contributed by atoms with E-state index in [1.54, 1.807) is 17.3 Å². The third-order valence-corrected chi connectivity index (χ3v) is 5.88. The Labute approximate surface area is 160 Å². The molecule has 1 aliphatic carbocycles. The van der Waals surface area contributed by atoms with E-state index in [1.807, 2.05) is 30.9 Å². The molecule has 0 radical (unpaired) electrons. The molecule has 0 bridgehead atoms. The summed E-state index contributed by atoms with van der Waals surface area (Å²) in [6, 6.07) is 8.90. The predicted octanol–water partition coefficient (Wildman–Crippen LogP) is 2.68. The average molecular weight is 365 g/mol. The normalized spacial score (nSPS) is 23.1. The number of carbonyl (C=O) groups is 1. The second-order valence-electron chi connectivity index (χ2n) is 8.23. The fourth-order valence-electron chi connectivity index (χ4n) is 4.20. The fourth-order valence-corrected chi connectivity index (χ4v) is 4.20. The van der Waals surface area contributed by atoms with Crippen LogP contribution in [0.3, 0.4) is 0 Å². The lowest BCUT2D eigenvalue weighted by Gasteiger charge is -2.27. The van der Waals surface area contributed by atoms with Gasteiger partial charge in [-0.05, 0) is 24.8 Å².